The highest BCUT2D eigenvalue weighted by Gasteiger charge is 2.45. The molecule has 0 saturated carbocycles. The van der Waals surface area contributed by atoms with Gasteiger partial charge in [0.25, 0.3) is 11.7 Å². The Morgan fingerprint density at radius 2 is 1.84 bits per heavy atom. The van der Waals surface area contributed by atoms with Crippen LogP contribution >= 0.6 is 11.6 Å². The van der Waals surface area contributed by atoms with Crippen LogP contribution in [0.1, 0.15) is 36.1 Å². The van der Waals surface area contributed by atoms with Crippen LogP contribution in [0, 0.1) is 6.92 Å². The maximum absolute atomic E-state index is 13.1. The maximum Gasteiger partial charge on any atom is 0.295 e. The molecular weight excluding hydrogens is 428 g/mol. The molecule has 2 aromatic rings. The molecule has 1 atom stereocenters. The third-order valence-electron chi connectivity index (χ3n) is 5.49. The van der Waals surface area contributed by atoms with E-state index in [1.54, 1.807) is 41.3 Å². The van der Waals surface area contributed by atoms with E-state index in [-0.39, 0.29) is 11.3 Å². The molecule has 6 nitrogen and oxygen atoms in total. The summed E-state index contributed by atoms with van der Waals surface area (Å²) in [4.78, 5) is 29.6. The van der Waals surface area contributed by atoms with Crippen molar-refractivity contribution in [1.82, 2.24) is 9.80 Å². The van der Waals surface area contributed by atoms with E-state index in [1.165, 1.54) is 0 Å². The highest BCUT2D eigenvalue weighted by atomic mass is 35.5. The fourth-order valence-electron chi connectivity index (χ4n) is 3.96. The van der Waals surface area contributed by atoms with Crippen LogP contribution in [0.4, 0.5) is 0 Å². The minimum atomic E-state index is -0.680. The quantitative estimate of drug-likeness (QED) is 0.361. The van der Waals surface area contributed by atoms with Crippen molar-refractivity contribution in [3.8, 4) is 5.75 Å². The molecule has 32 heavy (non-hydrogen) atoms. The number of carbonyl (C=O) groups is 2. The number of ketones is 1. The van der Waals surface area contributed by atoms with Gasteiger partial charge in [-0.2, -0.15) is 0 Å². The number of carbonyl (C=O) groups excluding carboxylic acids is 2. The van der Waals surface area contributed by atoms with Crippen LogP contribution in [0.2, 0.25) is 5.02 Å². The first-order valence-electron chi connectivity index (χ1n) is 10.7. The molecule has 0 spiro atoms. The lowest BCUT2D eigenvalue weighted by atomic mass is 9.94. The number of likely N-dealkylation sites (tertiary alicyclic amines) is 1. The molecule has 1 amide bonds. The zero-order valence-electron chi connectivity index (χ0n) is 18.9. The van der Waals surface area contributed by atoms with Crippen molar-refractivity contribution in [1.29, 1.82) is 0 Å². The minimum Gasteiger partial charge on any atom is -0.507 e. The number of aliphatic hydroxyl groups is 1. The average molecular weight is 457 g/mol. The molecule has 0 bridgehead atoms. The Hall–Kier alpha value is -2.83. The van der Waals surface area contributed by atoms with E-state index < -0.39 is 17.7 Å². The van der Waals surface area contributed by atoms with Crippen LogP contribution in [-0.4, -0.2) is 60.4 Å². The molecule has 170 valence electrons. The van der Waals surface area contributed by atoms with Crippen molar-refractivity contribution >= 4 is 29.1 Å². The van der Waals surface area contributed by atoms with Crippen LogP contribution in [0.25, 0.3) is 5.76 Å². The number of halogens is 1. The first kappa shape index (κ1) is 23.8. The molecule has 1 saturated heterocycles. The van der Waals surface area contributed by atoms with Gasteiger partial charge in [-0.15, -0.1) is 0 Å². The van der Waals surface area contributed by atoms with Crippen LogP contribution in [0.3, 0.4) is 0 Å². The summed E-state index contributed by atoms with van der Waals surface area (Å²) in [7, 11) is 3.92. The highest BCUT2D eigenvalue weighted by Crippen LogP contribution is 2.40. The van der Waals surface area contributed by atoms with Gasteiger partial charge in [-0.3, -0.25) is 9.59 Å². The summed E-state index contributed by atoms with van der Waals surface area (Å²) in [6, 6.07) is 11.6. The predicted octanol–water partition coefficient (Wildman–Crippen LogP) is 4.42. The van der Waals surface area contributed by atoms with Gasteiger partial charge in [0.15, 0.2) is 0 Å². The van der Waals surface area contributed by atoms with E-state index in [1.807, 2.05) is 38.9 Å². The summed E-state index contributed by atoms with van der Waals surface area (Å²) >= 11 is 6.06. The number of amides is 1. The molecule has 1 aliphatic heterocycles. The topological polar surface area (TPSA) is 70.1 Å². The van der Waals surface area contributed by atoms with E-state index >= 15 is 0 Å². The number of aryl methyl sites for hydroxylation is 1. The maximum atomic E-state index is 13.1. The Morgan fingerprint density at radius 1 is 1.16 bits per heavy atom. The third-order valence-corrected chi connectivity index (χ3v) is 5.75. The lowest BCUT2D eigenvalue weighted by Crippen LogP contribution is -2.32. The van der Waals surface area contributed by atoms with Crippen molar-refractivity contribution in [3.63, 3.8) is 0 Å². The smallest absolute Gasteiger partial charge is 0.295 e. The Labute approximate surface area is 194 Å². The van der Waals surface area contributed by atoms with E-state index in [4.69, 9.17) is 16.3 Å². The molecule has 3 rings (SSSR count). The van der Waals surface area contributed by atoms with Crippen LogP contribution in [-0.2, 0) is 9.59 Å². The Balaban J connectivity index is 2.09. The zero-order valence-corrected chi connectivity index (χ0v) is 19.6. The van der Waals surface area contributed by atoms with Crippen LogP contribution in [0.15, 0.2) is 48.0 Å². The van der Waals surface area contributed by atoms with Crippen LogP contribution in [0.5, 0.6) is 5.75 Å². The predicted molar refractivity (Wildman–Crippen MR) is 126 cm³/mol. The average Bonchev–Trinajstić information content (AvgIpc) is 2.99. The molecule has 1 heterocycles. The number of nitrogens with zero attached hydrogens (tertiary/aromatic N) is 2. The molecule has 1 unspecified atom stereocenters. The SMILES string of the molecule is CCOc1ccc(/C(O)=C2/C(=O)C(=O)N(CCCN(C)C)C2c2ccc(Cl)cc2)c(C)c1. The van der Waals surface area contributed by atoms with Gasteiger partial charge in [-0.05, 0) is 82.4 Å². The number of hydrogen-bond acceptors (Lipinski definition) is 5. The van der Waals surface area contributed by atoms with Crippen molar-refractivity contribution in [2.75, 3.05) is 33.8 Å². The molecule has 7 heteroatoms. The first-order valence-corrected chi connectivity index (χ1v) is 11.0. The van der Waals surface area contributed by atoms with Gasteiger partial charge in [0.1, 0.15) is 11.5 Å². The fraction of sp³-hybridized carbons (Fsp3) is 0.360. The van der Waals surface area contributed by atoms with Gasteiger partial charge in [-0.25, -0.2) is 0 Å². The van der Waals surface area contributed by atoms with Crippen molar-refractivity contribution in [2.24, 2.45) is 0 Å². The summed E-state index contributed by atoms with van der Waals surface area (Å²) in [5.41, 5.74) is 2.07. The standard InChI is InChI=1S/C25H29ClN2O4/c1-5-32-19-11-12-20(16(2)15-19)23(29)21-22(17-7-9-18(26)10-8-17)28(25(31)24(21)30)14-6-13-27(3)4/h7-12,15,22,29H,5-6,13-14H2,1-4H3/b23-21-. The van der Waals surface area contributed by atoms with Crippen molar-refractivity contribution in [3.05, 3.63) is 69.8 Å². The Kier molecular flexibility index (Phi) is 7.59. The van der Waals surface area contributed by atoms with E-state index in [0.717, 1.165) is 17.7 Å². The van der Waals surface area contributed by atoms with Gasteiger partial charge in [0.2, 0.25) is 0 Å². The summed E-state index contributed by atoms with van der Waals surface area (Å²) in [6.07, 6.45) is 0.701. The monoisotopic (exact) mass is 456 g/mol. The largest absolute Gasteiger partial charge is 0.507 e. The molecule has 1 N–H and O–H groups in total. The van der Waals surface area contributed by atoms with Gasteiger partial charge < -0.3 is 19.6 Å². The molecular formula is C25H29ClN2O4. The first-order chi connectivity index (χ1) is 15.2. The van der Waals surface area contributed by atoms with Gasteiger partial charge in [-0.1, -0.05) is 23.7 Å². The molecule has 0 aromatic heterocycles. The minimum absolute atomic E-state index is 0.0921. The summed E-state index contributed by atoms with van der Waals surface area (Å²) in [6.45, 7) is 5.43. The second-order valence-corrected chi connectivity index (χ2v) is 8.55. The number of aliphatic hydroxyl groups excluding tert-OH is 1. The number of ether oxygens (including phenoxy) is 1. The van der Waals surface area contributed by atoms with E-state index in [2.05, 4.69) is 0 Å². The second-order valence-electron chi connectivity index (χ2n) is 8.11. The van der Waals surface area contributed by atoms with Gasteiger partial charge >= 0.3 is 0 Å². The molecule has 1 fully saturated rings. The second kappa shape index (κ2) is 10.2. The summed E-state index contributed by atoms with van der Waals surface area (Å²) in [5.74, 6) is -0.784. The number of rotatable bonds is 8. The molecule has 2 aromatic carbocycles. The molecule has 0 aliphatic carbocycles. The van der Waals surface area contributed by atoms with Crippen LogP contribution < -0.4 is 4.74 Å². The molecule has 1 aliphatic rings. The summed E-state index contributed by atoms with van der Waals surface area (Å²) < 4.78 is 5.52. The number of benzene rings is 2. The van der Waals surface area contributed by atoms with Crippen molar-refractivity contribution in [2.45, 2.75) is 26.3 Å². The summed E-state index contributed by atoms with van der Waals surface area (Å²) in [5, 5.41) is 11.8. The normalized spacial score (nSPS) is 17.9. The molecule has 0 radical (unpaired) electrons. The van der Waals surface area contributed by atoms with Gasteiger partial charge in [0.05, 0.1) is 18.2 Å². The van der Waals surface area contributed by atoms with E-state index in [0.29, 0.717) is 35.9 Å². The number of hydrogen-bond donors (Lipinski definition) is 1. The van der Waals surface area contributed by atoms with Crippen molar-refractivity contribution < 1.29 is 19.4 Å². The third kappa shape index (κ3) is 4.97. The van der Waals surface area contributed by atoms with E-state index in [9.17, 15) is 14.7 Å². The Bertz CT molecular complexity index is 1030. The van der Waals surface area contributed by atoms with Gasteiger partial charge in [0, 0.05) is 17.1 Å². The lowest BCUT2D eigenvalue weighted by Gasteiger charge is -2.26. The Morgan fingerprint density at radius 3 is 2.44 bits per heavy atom. The lowest BCUT2D eigenvalue weighted by molar-refractivity contribution is -0.139. The highest BCUT2D eigenvalue weighted by molar-refractivity contribution is 6.46. The fourth-order valence-corrected chi connectivity index (χ4v) is 4.09. The zero-order chi connectivity index (χ0) is 23.4. The number of Topliss-reactive ketones (excluding diaryl/α,β-unsaturated/α-hetero) is 1.